The second-order valence-electron chi connectivity index (χ2n) is 5.54. The number of aryl methyl sites for hydroxylation is 2. The lowest BCUT2D eigenvalue weighted by molar-refractivity contribution is 0.302. The summed E-state index contributed by atoms with van der Waals surface area (Å²) in [5.41, 5.74) is 2.12. The van der Waals surface area contributed by atoms with Crippen LogP contribution in [-0.2, 0) is 19.6 Å². The highest BCUT2D eigenvalue weighted by atomic mass is 35.5. The highest BCUT2D eigenvalue weighted by Gasteiger charge is 2.06. The van der Waals surface area contributed by atoms with Crippen molar-refractivity contribution in [1.82, 2.24) is 9.55 Å². The lowest BCUT2D eigenvalue weighted by Crippen LogP contribution is -2.01. The summed E-state index contributed by atoms with van der Waals surface area (Å²) in [6.07, 6.45) is 7.59. The Morgan fingerprint density at radius 2 is 1.92 bits per heavy atom. The Morgan fingerprint density at radius 1 is 1.04 bits per heavy atom. The normalized spacial score (nSPS) is 10.8. The lowest BCUT2D eigenvalue weighted by Gasteiger charge is -2.12. The molecule has 0 unspecified atom stereocenters. The van der Waals surface area contributed by atoms with Crippen molar-refractivity contribution in [3.63, 3.8) is 0 Å². The molecular weight excluding hydrogens is 343 g/mol. The molecular formula is C19H18Cl2N2O. The molecule has 0 N–H and O–H groups in total. The van der Waals surface area contributed by atoms with E-state index in [1.807, 2.05) is 42.9 Å². The molecule has 0 spiro atoms. The maximum absolute atomic E-state index is 6.20. The predicted molar refractivity (Wildman–Crippen MR) is 97.8 cm³/mol. The van der Waals surface area contributed by atoms with Gasteiger partial charge in [0, 0.05) is 34.5 Å². The van der Waals surface area contributed by atoms with E-state index in [9.17, 15) is 0 Å². The van der Waals surface area contributed by atoms with Gasteiger partial charge in [0.1, 0.15) is 12.4 Å². The van der Waals surface area contributed by atoms with Gasteiger partial charge in [-0.05, 0) is 36.6 Å². The molecule has 1 heterocycles. The van der Waals surface area contributed by atoms with Crippen LogP contribution < -0.4 is 4.74 Å². The van der Waals surface area contributed by atoms with E-state index < -0.39 is 0 Å². The zero-order valence-electron chi connectivity index (χ0n) is 13.2. The number of aromatic nitrogens is 2. The molecule has 0 atom stereocenters. The van der Waals surface area contributed by atoms with E-state index in [2.05, 4.69) is 15.6 Å². The van der Waals surface area contributed by atoms with Gasteiger partial charge in [0.15, 0.2) is 0 Å². The summed E-state index contributed by atoms with van der Waals surface area (Å²) in [5, 5.41) is 1.25. The molecule has 0 saturated carbocycles. The van der Waals surface area contributed by atoms with Gasteiger partial charge in [-0.1, -0.05) is 47.5 Å². The third-order valence-electron chi connectivity index (χ3n) is 3.79. The van der Waals surface area contributed by atoms with E-state index in [1.165, 1.54) is 5.56 Å². The van der Waals surface area contributed by atoms with Crippen LogP contribution in [0.4, 0.5) is 0 Å². The Morgan fingerprint density at radius 3 is 2.71 bits per heavy atom. The maximum Gasteiger partial charge on any atom is 0.122 e. The van der Waals surface area contributed by atoms with Crippen molar-refractivity contribution in [2.75, 3.05) is 0 Å². The molecule has 0 amide bonds. The summed E-state index contributed by atoms with van der Waals surface area (Å²) < 4.78 is 8.07. The summed E-state index contributed by atoms with van der Waals surface area (Å²) in [4.78, 5) is 4.06. The summed E-state index contributed by atoms with van der Waals surface area (Å²) in [7, 11) is 0. The van der Waals surface area contributed by atoms with Crippen LogP contribution in [0, 0.1) is 0 Å². The van der Waals surface area contributed by atoms with Crippen molar-refractivity contribution >= 4 is 23.2 Å². The molecule has 0 aliphatic heterocycles. The molecule has 5 heteroatoms. The first-order valence-corrected chi connectivity index (χ1v) is 8.58. The molecule has 3 aromatic rings. The largest absolute Gasteiger partial charge is 0.489 e. The van der Waals surface area contributed by atoms with Gasteiger partial charge in [-0.3, -0.25) is 0 Å². The van der Waals surface area contributed by atoms with Crippen molar-refractivity contribution < 1.29 is 4.74 Å². The zero-order chi connectivity index (χ0) is 16.8. The number of hydrogen-bond acceptors (Lipinski definition) is 2. The SMILES string of the molecule is Clc1ccc(COc2ccccc2CCCn2ccnc2)c(Cl)c1. The molecule has 3 nitrogen and oxygen atoms in total. The molecule has 2 aromatic carbocycles. The van der Waals surface area contributed by atoms with Crippen LogP contribution in [0.3, 0.4) is 0 Å². The minimum atomic E-state index is 0.425. The van der Waals surface area contributed by atoms with Gasteiger partial charge in [0.05, 0.1) is 6.33 Å². The smallest absolute Gasteiger partial charge is 0.122 e. The quantitative estimate of drug-likeness (QED) is 0.563. The Hall–Kier alpha value is -1.97. The van der Waals surface area contributed by atoms with Crippen LogP contribution in [0.2, 0.25) is 10.0 Å². The van der Waals surface area contributed by atoms with Crippen LogP contribution in [0.25, 0.3) is 0 Å². The van der Waals surface area contributed by atoms with Crippen molar-refractivity contribution in [3.8, 4) is 5.75 Å². The summed E-state index contributed by atoms with van der Waals surface area (Å²) >= 11 is 12.1. The molecule has 0 aliphatic rings. The van der Waals surface area contributed by atoms with E-state index in [0.29, 0.717) is 16.7 Å². The number of ether oxygens (including phenoxy) is 1. The van der Waals surface area contributed by atoms with Crippen LogP contribution in [-0.4, -0.2) is 9.55 Å². The molecule has 24 heavy (non-hydrogen) atoms. The van der Waals surface area contributed by atoms with E-state index >= 15 is 0 Å². The Balaban J connectivity index is 1.61. The molecule has 0 saturated heterocycles. The van der Waals surface area contributed by atoms with E-state index in [4.69, 9.17) is 27.9 Å². The van der Waals surface area contributed by atoms with Gasteiger partial charge in [0.2, 0.25) is 0 Å². The predicted octanol–water partition coefficient (Wildman–Crippen LogP) is 5.40. The first-order valence-electron chi connectivity index (χ1n) is 7.83. The molecule has 1 aromatic heterocycles. The van der Waals surface area contributed by atoms with Gasteiger partial charge in [-0.25, -0.2) is 4.98 Å². The van der Waals surface area contributed by atoms with Crippen LogP contribution in [0.15, 0.2) is 61.2 Å². The van der Waals surface area contributed by atoms with Gasteiger partial charge < -0.3 is 9.30 Å². The molecule has 0 bridgehead atoms. The number of para-hydroxylation sites is 1. The fourth-order valence-electron chi connectivity index (χ4n) is 2.52. The molecule has 0 aliphatic carbocycles. The highest BCUT2D eigenvalue weighted by molar-refractivity contribution is 6.35. The molecule has 0 fully saturated rings. The number of halogens is 2. The first kappa shape index (κ1) is 16.9. The monoisotopic (exact) mass is 360 g/mol. The Labute approximate surface area is 151 Å². The van der Waals surface area contributed by atoms with Gasteiger partial charge in [-0.15, -0.1) is 0 Å². The number of benzene rings is 2. The van der Waals surface area contributed by atoms with Crippen LogP contribution >= 0.6 is 23.2 Å². The van der Waals surface area contributed by atoms with Crippen LogP contribution in [0.5, 0.6) is 5.75 Å². The first-order chi connectivity index (χ1) is 11.7. The van der Waals surface area contributed by atoms with E-state index in [1.54, 1.807) is 12.3 Å². The summed E-state index contributed by atoms with van der Waals surface area (Å²) in [5.74, 6) is 0.897. The zero-order valence-corrected chi connectivity index (χ0v) is 14.7. The Kier molecular flexibility index (Phi) is 5.78. The van der Waals surface area contributed by atoms with Crippen molar-refractivity contribution in [3.05, 3.63) is 82.4 Å². The fourth-order valence-corrected chi connectivity index (χ4v) is 2.98. The van der Waals surface area contributed by atoms with Crippen LogP contribution in [0.1, 0.15) is 17.5 Å². The van der Waals surface area contributed by atoms with Gasteiger partial charge in [0.25, 0.3) is 0 Å². The summed E-state index contributed by atoms with van der Waals surface area (Å²) in [6, 6.07) is 13.6. The van der Waals surface area contributed by atoms with Gasteiger partial charge in [-0.2, -0.15) is 0 Å². The standard InChI is InChI=1S/C19H18Cl2N2O/c20-17-8-7-16(18(21)12-17)13-24-19-6-2-1-4-15(19)5-3-10-23-11-9-22-14-23/h1-2,4,6-9,11-12,14H,3,5,10,13H2. The van der Waals surface area contributed by atoms with Gasteiger partial charge >= 0.3 is 0 Å². The van der Waals surface area contributed by atoms with Crippen molar-refractivity contribution in [2.24, 2.45) is 0 Å². The fraction of sp³-hybridized carbons (Fsp3) is 0.211. The lowest BCUT2D eigenvalue weighted by atomic mass is 10.1. The van der Waals surface area contributed by atoms with Crippen molar-refractivity contribution in [2.45, 2.75) is 26.0 Å². The third-order valence-corrected chi connectivity index (χ3v) is 4.38. The van der Waals surface area contributed by atoms with Crippen molar-refractivity contribution in [1.29, 1.82) is 0 Å². The topological polar surface area (TPSA) is 27.1 Å². The molecule has 124 valence electrons. The average molecular weight is 361 g/mol. The van der Waals surface area contributed by atoms with E-state index in [-0.39, 0.29) is 0 Å². The third kappa shape index (κ3) is 4.53. The minimum absolute atomic E-state index is 0.425. The summed E-state index contributed by atoms with van der Waals surface area (Å²) in [6.45, 7) is 1.37. The average Bonchev–Trinajstić information content (AvgIpc) is 3.08. The Bertz CT molecular complexity index is 788. The molecule has 0 radical (unpaired) electrons. The minimum Gasteiger partial charge on any atom is -0.489 e. The number of hydrogen-bond donors (Lipinski definition) is 0. The molecule has 3 rings (SSSR count). The number of rotatable bonds is 7. The number of imidazole rings is 1. The van der Waals surface area contributed by atoms with E-state index in [0.717, 1.165) is 30.7 Å². The second-order valence-corrected chi connectivity index (χ2v) is 6.38. The highest BCUT2D eigenvalue weighted by Crippen LogP contribution is 2.25. The number of nitrogens with zero attached hydrogens (tertiary/aromatic N) is 2. The second kappa shape index (κ2) is 8.22. The maximum atomic E-state index is 6.20.